The second-order valence-corrected chi connectivity index (χ2v) is 25.1. The Kier molecular flexibility index (Phi) is 115. The maximum Gasteiger partial charge on any atom is 6.00 e. The number of para-hydroxylation sites is 12. The number of phenolic OH excluding ortho intramolecular Hbond substituents is 12. The van der Waals surface area contributed by atoms with E-state index in [-0.39, 0.29) is 221 Å². The van der Waals surface area contributed by atoms with Crippen LogP contribution in [0.5, 0.6) is 69.0 Å². The van der Waals surface area contributed by atoms with Gasteiger partial charge >= 0.3 is 17.1 Å². The first-order valence-electron chi connectivity index (χ1n) is 39.3. The van der Waals surface area contributed by atoms with Gasteiger partial charge in [-0.25, -0.2) is 0 Å². The third-order valence-corrected chi connectivity index (χ3v) is 16.2. The fourth-order valence-corrected chi connectivity index (χ4v) is 9.81. The van der Waals surface area contributed by atoms with Gasteiger partial charge in [0.1, 0.15) is 69.0 Å². The van der Waals surface area contributed by atoms with E-state index >= 15 is 0 Å². The van der Waals surface area contributed by atoms with Gasteiger partial charge < -0.3 is 165 Å². The van der Waals surface area contributed by atoms with Crippen LogP contribution in [0.4, 0.5) is 0 Å². The minimum atomic E-state index is 0. The quantitative estimate of drug-likeness (QED) is 0.00654. The largest absolute Gasteiger partial charge is 6.00 e. The van der Waals surface area contributed by atoms with Crippen molar-refractivity contribution >= 4 is 74.6 Å². The van der Waals surface area contributed by atoms with Gasteiger partial charge in [0.05, 0.1) is 78.5 Å². The van der Waals surface area contributed by atoms with Crippen molar-refractivity contribution in [3.63, 3.8) is 0 Å². The van der Waals surface area contributed by atoms with Gasteiger partial charge in [-0.15, -0.1) is 0 Å². The van der Waals surface area contributed by atoms with Crippen molar-refractivity contribution in [3.05, 3.63) is 397 Å². The average molecular weight is 2270 g/mol. The van der Waals surface area contributed by atoms with Crippen LogP contribution < -0.4 is 0 Å². The molecule has 30 N–H and O–H groups in total. The van der Waals surface area contributed by atoms with Gasteiger partial charge in [-0.2, -0.15) is 0 Å². The summed E-state index contributed by atoms with van der Waals surface area (Å²) >= 11 is 0. The van der Waals surface area contributed by atoms with Crippen molar-refractivity contribution in [2.24, 2.45) is 59.9 Å². The molecule has 0 aromatic heterocycles. The zero-order valence-electron chi connectivity index (χ0n) is 77.6. The topological polar surface area (TPSA) is 732 Å². The van der Waals surface area contributed by atoms with Gasteiger partial charge in [0.2, 0.25) is 0 Å². The van der Waals surface area contributed by atoms with Gasteiger partial charge in [-0.3, -0.25) is 59.9 Å². The van der Waals surface area contributed by atoms with Crippen LogP contribution in [0.3, 0.4) is 0 Å². The van der Waals surface area contributed by atoms with Gasteiger partial charge in [-0.05, 0) is 146 Å². The van der Waals surface area contributed by atoms with E-state index in [0.29, 0.717) is 145 Å². The molecular formula is C102H114FeMn6N18O18+6. The van der Waals surface area contributed by atoms with E-state index in [2.05, 4.69) is 59.9 Å². The van der Waals surface area contributed by atoms with E-state index in [4.69, 9.17) is 71.0 Å². The fourth-order valence-electron chi connectivity index (χ4n) is 9.81. The number of aliphatic imine (C=N–C) groups is 12. The Hall–Kier alpha value is -15.4. The molecule has 0 saturated heterocycles. The average Bonchev–Trinajstić information content (AvgIpc) is 0.908. The molecule has 12 rings (SSSR count). The van der Waals surface area contributed by atoms with Crippen molar-refractivity contribution in [2.45, 2.75) is 0 Å². The van der Waals surface area contributed by atoms with Crippen LogP contribution >= 0.6 is 0 Å². The number of rotatable bonds is 30. The molecule has 12 aromatic rings. The Morgan fingerprint density at radius 3 is 0.248 bits per heavy atom. The monoisotopic (exact) mass is 2260 g/mol. The molecule has 0 amide bonds. The molecule has 6 radical (unpaired) electrons. The fraction of sp³-hybridized carbons (Fsp3) is 0.118. The predicted octanol–water partition coefficient (Wildman–Crippen LogP) is 10.8. The second-order valence-electron chi connectivity index (χ2n) is 25.1. The van der Waals surface area contributed by atoms with Gasteiger partial charge in [-0.1, -0.05) is 146 Å². The van der Waals surface area contributed by atoms with Crippen molar-refractivity contribution < 1.29 is 214 Å². The summed E-state index contributed by atoms with van der Waals surface area (Å²) in [6.07, 6.45) is 19.6. The summed E-state index contributed by atoms with van der Waals surface area (Å²) in [7, 11) is 0. The zero-order chi connectivity index (χ0) is 97.3. The standard InChI is InChI=1S/6C16H16N2O2.6CN.Fe.6Mn.6H2O/c6*19-15-7-3-1-5-13(15)11-17-9-10-18-12-14-6-2-4-8-16(14)20;6*1-2;;;;;;;;;;;;;/h6*1-8,11-12,19-20H,9-10H2;;;;;;;;;;;;;;6*1H2/q;;;;;;6*-1;+6;;;;;;;;;;;;/p+6. The summed E-state index contributed by atoms with van der Waals surface area (Å²) in [5, 5.41) is 152. The molecule has 0 unspecified atom stereocenters. The van der Waals surface area contributed by atoms with Crippen molar-refractivity contribution in [3.8, 4) is 69.0 Å². The van der Waals surface area contributed by atoms with E-state index in [1.54, 1.807) is 293 Å². The van der Waals surface area contributed by atoms with E-state index < -0.39 is 0 Å². The Balaban J connectivity index is -0.000000126. The predicted molar refractivity (Wildman–Crippen MR) is 546 cm³/mol. The number of phenols is 12. The molecule has 0 saturated carbocycles. The van der Waals surface area contributed by atoms with Crippen LogP contribution in [0, 0.1) is 71.0 Å². The molecule has 0 heterocycles. The number of hydrogen-bond acceptors (Lipinski definition) is 30. The van der Waals surface area contributed by atoms with Crippen molar-refractivity contribution in [1.29, 1.82) is 31.6 Å². The second kappa shape index (κ2) is 106. The minimum absolute atomic E-state index is 0. The number of aromatic hydroxyl groups is 12. The number of hydrogen-bond donors (Lipinski definition) is 12. The van der Waals surface area contributed by atoms with Crippen LogP contribution in [-0.2, 0) is 152 Å². The minimum Gasteiger partial charge on any atom is -0.512 e. The summed E-state index contributed by atoms with van der Waals surface area (Å²) in [6, 6.07) is 84.4. The summed E-state index contributed by atoms with van der Waals surface area (Å²) in [5.41, 5.74) is 8.30. The molecule has 12 aromatic carbocycles. The molecular weight excluding hydrogens is 2150 g/mol. The molecule has 0 aliphatic carbocycles. The Bertz CT molecular complexity index is 4620. The van der Waals surface area contributed by atoms with E-state index in [9.17, 15) is 61.3 Å². The molecule has 145 heavy (non-hydrogen) atoms. The normalized spacial score (nSPS) is 9.52. The van der Waals surface area contributed by atoms with E-state index in [1.165, 1.54) is 0 Å². The molecule has 0 aliphatic rings. The van der Waals surface area contributed by atoms with Gasteiger partial charge in [0, 0.05) is 244 Å². The Morgan fingerprint density at radius 1 is 0.138 bits per heavy atom. The smallest absolute Gasteiger partial charge is 0.512 e. The first-order chi connectivity index (χ1) is 64.6. The molecule has 43 heteroatoms. The number of nitrogens with zero attached hydrogens (tertiary/aromatic N) is 18. The van der Waals surface area contributed by atoms with Crippen LogP contribution in [0.25, 0.3) is 0 Å². The summed E-state index contributed by atoms with van der Waals surface area (Å²) in [6.45, 7) is 34.8. The number of benzene rings is 12. The van der Waals surface area contributed by atoms with Crippen LogP contribution in [0.15, 0.2) is 351 Å². The first-order valence-corrected chi connectivity index (χ1v) is 39.3. The molecule has 36 nitrogen and oxygen atoms in total. The van der Waals surface area contributed by atoms with Crippen molar-refractivity contribution in [1.82, 2.24) is 0 Å². The van der Waals surface area contributed by atoms with Crippen LogP contribution in [0.1, 0.15) is 66.8 Å². The van der Waals surface area contributed by atoms with Crippen LogP contribution in [-0.4, -0.2) is 214 Å². The summed E-state index contributed by atoms with van der Waals surface area (Å²) < 4.78 is 0. The summed E-state index contributed by atoms with van der Waals surface area (Å²) in [5.74, 6) is 2.60. The zero-order valence-corrected chi connectivity index (χ0v) is 85.8. The van der Waals surface area contributed by atoms with Crippen LogP contribution in [0.2, 0.25) is 0 Å². The molecule has 0 spiro atoms. The maximum atomic E-state index is 9.54. The van der Waals surface area contributed by atoms with Gasteiger partial charge in [0.25, 0.3) is 0 Å². The Morgan fingerprint density at radius 2 is 0.193 bits per heavy atom. The third-order valence-electron chi connectivity index (χ3n) is 16.2. The SMILES string of the molecule is Oc1ccccc1C=NCCN=Cc1ccccc1O.Oc1ccccc1C=NCCN=Cc1ccccc1O.Oc1ccccc1C=NCCN=Cc1ccccc1O.Oc1ccccc1C=NCCN=Cc1ccccc1O.Oc1ccccc1C=NCCN=Cc1ccccc1O.Oc1ccccc1C=NCCN=Cc1ccccc1O.[C-]#N.[C-]#N.[C-]#N.[C-]#N.[C-]#N.[C-]#N.[Fe+6].[Mn].[Mn].[Mn].[Mn].[Mn].[Mn].[OH3+].[OH3+].[OH3+].[OH3+].[OH3+].[OH3+]. The van der Waals surface area contributed by atoms with E-state index in [1.807, 2.05) is 72.8 Å². The summed E-state index contributed by atoms with van der Waals surface area (Å²) in [4.78, 5) is 50.3. The van der Waals surface area contributed by atoms with Crippen molar-refractivity contribution in [2.75, 3.05) is 78.5 Å². The molecule has 0 atom stereocenters. The molecule has 764 valence electrons. The van der Waals surface area contributed by atoms with E-state index in [0.717, 1.165) is 0 Å². The molecule has 0 bridgehead atoms. The maximum absolute atomic E-state index is 9.54. The molecule has 0 fully saturated rings. The third kappa shape index (κ3) is 70.8. The molecule has 0 aliphatic heterocycles. The van der Waals surface area contributed by atoms with Gasteiger partial charge in [0.15, 0.2) is 0 Å². The Labute approximate surface area is 917 Å². The first kappa shape index (κ1) is 158.